The molecule has 1 unspecified atom stereocenters. The van der Waals surface area contributed by atoms with Gasteiger partial charge in [-0.3, -0.25) is 14.8 Å². The van der Waals surface area contributed by atoms with Crippen LogP contribution in [0.4, 0.5) is 5.82 Å². The molecule has 1 aliphatic heterocycles. The molecule has 4 nitrogen and oxygen atoms in total. The highest BCUT2D eigenvalue weighted by Gasteiger charge is 2.29. The van der Waals surface area contributed by atoms with E-state index in [1.54, 1.807) is 11.0 Å². The highest BCUT2D eigenvalue weighted by Crippen LogP contribution is 2.23. The van der Waals surface area contributed by atoms with Crippen molar-refractivity contribution in [3.05, 3.63) is 11.2 Å². The topological polar surface area (TPSA) is 49.0 Å². The van der Waals surface area contributed by atoms with Crippen molar-refractivity contribution in [3.63, 3.8) is 0 Å². The smallest absolute Gasteiger partial charge is 0.229 e. The Morgan fingerprint density at radius 2 is 2.54 bits per heavy atom. The molecule has 1 fully saturated rings. The molecule has 0 bridgehead atoms. The van der Waals surface area contributed by atoms with Crippen molar-refractivity contribution in [1.29, 1.82) is 0 Å². The summed E-state index contributed by atoms with van der Waals surface area (Å²) in [6.45, 7) is 0.600. The van der Waals surface area contributed by atoms with E-state index in [1.807, 2.05) is 0 Å². The number of carbonyl (C=O) groups excluding carboxylic acids is 1. The van der Waals surface area contributed by atoms with Gasteiger partial charge in [0.05, 0.1) is 0 Å². The summed E-state index contributed by atoms with van der Waals surface area (Å²) in [5.74, 6) is 0.620. The molecule has 2 rings (SSSR count). The largest absolute Gasteiger partial charge is 0.294 e. The number of amides is 1. The molecule has 70 valence electrons. The van der Waals surface area contributed by atoms with Gasteiger partial charge in [0.1, 0.15) is 5.15 Å². The number of hydrogen-bond donors (Lipinski definition) is 2. The first-order chi connectivity index (χ1) is 6.16. The van der Waals surface area contributed by atoms with Crippen molar-refractivity contribution >= 4 is 36.0 Å². The van der Waals surface area contributed by atoms with Gasteiger partial charge in [-0.25, -0.2) is 0 Å². The van der Waals surface area contributed by atoms with Gasteiger partial charge in [-0.2, -0.15) is 17.7 Å². The maximum atomic E-state index is 11.4. The normalized spacial score (nSPS) is 22.8. The van der Waals surface area contributed by atoms with E-state index in [1.165, 1.54) is 0 Å². The summed E-state index contributed by atoms with van der Waals surface area (Å²) in [4.78, 5) is 13.0. The average Bonchev–Trinajstić information content (AvgIpc) is 2.58. The Labute approximate surface area is 85.7 Å². The molecule has 2 heterocycles. The third kappa shape index (κ3) is 1.66. The Morgan fingerprint density at radius 3 is 3.00 bits per heavy atom. The first-order valence-electron chi connectivity index (χ1n) is 3.86. The fraction of sp³-hybridized carbons (Fsp3) is 0.429. The molecule has 1 aromatic rings. The van der Waals surface area contributed by atoms with E-state index in [9.17, 15) is 4.79 Å². The minimum Gasteiger partial charge on any atom is -0.294 e. The Kier molecular flexibility index (Phi) is 2.21. The van der Waals surface area contributed by atoms with Crippen LogP contribution in [0, 0.1) is 0 Å². The Bertz CT molecular complexity index is 340. The van der Waals surface area contributed by atoms with Crippen LogP contribution in [0.25, 0.3) is 0 Å². The molecule has 13 heavy (non-hydrogen) atoms. The number of nitrogens with zero attached hydrogens (tertiary/aromatic N) is 2. The lowest BCUT2D eigenvalue weighted by molar-refractivity contribution is -0.117. The van der Waals surface area contributed by atoms with Crippen molar-refractivity contribution < 1.29 is 4.79 Å². The number of anilines is 1. The molecular weight excluding hydrogens is 210 g/mol. The number of thiol groups is 1. The van der Waals surface area contributed by atoms with Gasteiger partial charge < -0.3 is 0 Å². The van der Waals surface area contributed by atoms with Crippen LogP contribution in [0.1, 0.15) is 6.42 Å². The Hall–Kier alpha value is -0.680. The molecule has 1 amide bonds. The molecule has 0 aromatic carbocycles. The minimum absolute atomic E-state index is 0.0446. The van der Waals surface area contributed by atoms with Gasteiger partial charge in [0.15, 0.2) is 5.82 Å². The summed E-state index contributed by atoms with van der Waals surface area (Å²) in [5, 5.41) is 7.01. The lowest BCUT2D eigenvalue weighted by Gasteiger charge is -2.10. The first-order valence-corrected chi connectivity index (χ1v) is 4.75. The maximum absolute atomic E-state index is 11.4. The standard InChI is InChI=1S/C7H8ClN3OS/c8-5-2-6(10-9-5)11-3-4(13)1-7(11)12/h2,4,13H,1,3H2,(H,9,10). The van der Waals surface area contributed by atoms with E-state index >= 15 is 0 Å². The molecule has 1 aromatic heterocycles. The number of hydrogen-bond acceptors (Lipinski definition) is 3. The summed E-state index contributed by atoms with van der Waals surface area (Å²) in [7, 11) is 0. The van der Waals surface area contributed by atoms with Crippen LogP contribution in [-0.2, 0) is 4.79 Å². The highest BCUT2D eigenvalue weighted by atomic mass is 35.5. The molecule has 0 aliphatic carbocycles. The third-order valence-electron chi connectivity index (χ3n) is 1.91. The van der Waals surface area contributed by atoms with Crippen LogP contribution in [0.5, 0.6) is 0 Å². The lowest BCUT2D eigenvalue weighted by atomic mass is 10.4. The van der Waals surface area contributed by atoms with E-state index in [0.29, 0.717) is 23.9 Å². The van der Waals surface area contributed by atoms with E-state index < -0.39 is 0 Å². The van der Waals surface area contributed by atoms with Crippen LogP contribution in [0.3, 0.4) is 0 Å². The second-order valence-corrected chi connectivity index (χ2v) is 4.07. The second kappa shape index (κ2) is 3.23. The summed E-state index contributed by atoms with van der Waals surface area (Å²) in [6.07, 6.45) is 0.466. The monoisotopic (exact) mass is 217 g/mol. The minimum atomic E-state index is 0.0446. The van der Waals surface area contributed by atoms with Crippen LogP contribution >= 0.6 is 24.2 Å². The van der Waals surface area contributed by atoms with Crippen molar-refractivity contribution in [3.8, 4) is 0 Å². The second-order valence-electron chi connectivity index (χ2n) is 2.94. The van der Waals surface area contributed by atoms with Gasteiger partial charge in [0.2, 0.25) is 5.91 Å². The number of nitrogens with one attached hydrogen (secondary N) is 1. The number of aromatic amines is 1. The molecule has 0 saturated carbocycles. The van der Waals surface area contributed by atoms with Crippen LogP contribution in [0.15, 0.2) is 6.07 Å². The van der Waals surface area contributed by atoms with E-state index in [-0.39, 0.29) is 11.2 Å². The fourth-order valence-corrected chi connectivity index (χ4v) is 1.80. The van der Waals surface area contributed by atoms with Gasteiger partial charge in [-0.05, 0) is 0 Å². The predicted molar refractivity (Wildman–Crippen MR) is 53.3 cm³/mol. The van der Waals surface area contributed by atoms with Gasteiger partial charge >= 0.3 is 0 Å². The zero-order valence-electron chi connectivity index (χ0n) is 6.70. The zero-order valence-corrected chi connectivity index (χ0v) is 8.35. The highest BCUT2D eigenvalue weighted by molar-refractivity contribution is 7.81. The molecule has 1 aliphatic rings. The van der Waals surface area contributed by atoms with Gasteiger partial charge in [-0.1, -0.05) is 11.6 Å². The number of rotatable bonds is 1. The maximum Gasteiger partial charge on any atom is 0.229 e. The average molecular weight is 218 g/mol. The molecular formula is C7H8ClN3OS. The molecule has 1 saturated heterocycles. The van der Waals surface area contributed by atoms with Crippen molar-refractivity contribution in [2.45, 2.75) is 11.7 Å². The lowest BCUT2D eigenvalue weighted by Crippen LogP contribution is -2.24. The quantitative estimate of drug-likeness (QED) is 0.693. The number of halogens is 1. The molecule has 0 radical (unpaired) electrons. The number of carbonyl (C=O) groups is 1. The summed E-state index contributed by atoms with van der Waals surface area (Å²) < 4.78 is 0. The zero-order chi connectivity index (χ0) is 9.42. The first kappa shape index (κ1) is 8.90. The van der Waals surface area contributed by atoms with Crippen LogP contribution in [-0.4, -0.2) is 27.9 Å². The Morgan fingerprint density at radius 1 is 1.77 bits per heavy atom. The fourth-order valence-electron chi connectivity index (χ4n) is 1.34. The van der Waals surface area contributed by atoms with Gasteiger partial charge in [-0.15, -0.1) is 0 Å². The SMILES string of the molecule is O=C1CC(S)CN1c1cc(Cl)[nH]n1. The van der Waals surface area contributed by atoms with E-state index in [2.05, 4.69) is 22.8 Å². The summed E-state index contributed by atoms with van der Waals surface area (Å²) >= 11 is 9.88. The van der Waals surface area contributed by atoms with Crippen LogP contribution in [0.2, 0.25) is 5.15 Å². The molecule has 1 atom stereocenters. The summed E-state index contributed by atoms with van der Waals surface area (Å²) in [6, 6.07) is 1.63. The van der Waals surface area contributed by atoms with E-state index in [4.69, 9.17) is 11.6 Å². The molecule has 1 N–H and O–H groups in total. The Balaban J connectivity index is 2.22. The van der Waals surface area contributed by atoms with Crippen molar-refractivity contribution in [2.75, 3.05) is 11.4 Å². The van der Waals surface area contributed by atoms with E-state index in [0.717, 1.165) is 0 Å². The van der Waals surface area contributed by atoms with Gasteiger partial charge in [0.25, 0.3) is 0 Å². The van der Waals surface area contributed by atoms with Gasteiger partial charge in [0, 0.05) is 24.3 Å². The number of aromatic nitrogens is 2. The predicted octanol–water partition coefficient (Wildman–Crippen LogP) is 1.10. The van der Waals surface area contributed by atoms with Crippen molar-refractivity contribution in [1.82, 2.24) is 10.2 Å². The third-order valence-corrected chi connectivity index (χ3v) is 2.45. The number of H-pyrrole nitrogens is 1. The summed E-state index contributed by atoms with van der Waals surface area (Å²) in [5.41, 5.74) is 0. The molecule has 0 spiro atoms. The molecule has 6 heteroatoms. The van der Waals surface area contributed by atoms with Crippen molar-refractivity contribution in [2.24, 2.45) is 0 Å². The van der Waals surface area contributed by atoms with Crippen LogP contribution < -0.4 is 4.90 Å².